The smallest absolute Gasteiger partial charge is 0.296 e. The van der Waals surface area contributed by atoms with Crippen molar-refractivity contribution in [1.29, 1.82) is 0 Å². The molecule has 0 fully saturated rings. The van der Waals surface area contributed by atoms with Crippen LogP contribution in [-0.4, -0.2) is 51.9 Å². The van der Waals surface area contributed by atoms with Gasteiger partial charge in [-0.05, 0) is 18.1 Å². The molecule has 2 bridgehead atoms. The molecule has 1 aromatic carbocycles. The quantitative estimate of drug-likeness (QED) is 0.276. The molecule has 0 saturated heterocycles. The molecule has 5 N–H and O–H groups in total. The molecule has 5 aliphatic rings. The number of phenolic OH excluding ortho intramolecular Hbond substituents is 1. The van der Waals surface area contributed by atoms with E-state index >= 15 is 0 Å². The summed E-state index contributed by atoms with van der Waals surface area (Å²) >= 11 is 0. The van der Waals surface area contributed by atoms with Crippen molar-refractivity contribution in [3.05, 3.63) is 28.3 Å². The zero-order valence-corrected chi connectivity index (χ0v) is 13.5. The number of aliphatic imine (C=N–C) groups is 1. The Morgan fingerprint density at radius 1 is 1.36 bits per heavy atom. The van der Waals surface area contributed by atoms with Gasteiger partial charge in [-0.15, -0.1) is 0 Å². The summed E-state index contributed by atoms with van der Waals surface area (Å²) in [7, 11) is 0. The van der Waals surface area contributed by atoms with Gasteiger partial charge in [0.1, 0.15) is 5.69 Å². The Morgan fingerprint density at radius 2 is 2.20 bits per heavy atom. The van der Waals surface area contributed by atoms with Crippen LogP contribution in [0.15, 0.2) is 17.1 Å². The predicted octanol–water partition coefficient (Wildman–Crippen LogP) is -0.947. The molecule has 1 aromatic rings. The Balaban J connectivity index is 0.00000140. The molecule has 130 valence electrons. The Labute approximate surface area is 143 Å². The minimum Gasteiger partial charge on any atom is -0.870 e. The number of aliphatic hydroxyl groups is 2. The largest absolute Gasteiger partial charge is 0.870 e. The lowest BCUT2D eigenvalue weighted by atomic mass is 9.63. The van der Waals surface area contributed by atoms with E-state index in [-0.39, 0.29) is 16.6 Å². The first kappa shape index (κ1) is 15.1. The summed E-state index contributed by atoms with van der Waals surface area (Å²) in [4.78, 5) is 4.44. The van der Waals surface area contributed by atoms with E-state index in [1.165, 1.54) is 0 Å². The van der Waals surface area contributed by atoms with Crippen LogP contribution < -0.4 is 20.5 Å². The van der Waals surface area contributed by atoms with Gasteiger partial charge in [-0.3, -0.25) is 4.99 Å². The van der Waals surface area contributed by atoms with E-state index in [4.69, 9.17) is 0 Å². The second-order valence-electron chi connectivity index (χ2n) is 7.55. The van der Waals surface area contributed by atoms with Gasteiger partial charge < -0.3 is 26.1 Å². The fourth-order valence-electron chi connectivity index (χ4n) is 5.39. The maximum Gasteiger partial charge on any atom is 0.296 e. The van der Waals surface area contributed by atoms with Gasteiger partial charge in [0.25, 0.3) is 5.72 Å². The van der Waals surface area contributed by atoms with Gasteiger partial charge in [0.15, 0.2) is 18.4 Å². The average Bonchev–Trinajstić information content (AvgIpc) is 3.01. The van der Waals surface area contributed by atoms with Crippen LogP contribution in [0.4, 0.5) is 11.4 Å². The summed E-state index contributed by atoms with van der Waals surface area (Å²) in [6.07, 6.45) is 6.71. The highest BCUT2D eigenvalue weighted by Crippen LogP contribution is 2.51. The number of allylic oxidation sites excluding steroid dienone is 1. The normalized spacial score (nSPS) is 35.2. The number of hydrogen-bond acceptors (Lipinski definition) is 6. The summed E-state index contributed by atoms with van der Waals surface area (Å²) in [5.74, 6) is 0.209. The molecule has 0 saturated carbocycles. The Morgan fingerprint density at radius 3 is 3.04 bits per heavy atom. The summed E-state index contributed by atoms with van der Waals surface area (Å²) in [6, 6.07) is 0. The third-order valence-electron chi connectivity index (χ3n) is 6.45. The molecule has 7 nitrogen and oxygen atoms in total. The van der Waals surface area contributed by atoms with E-state index < -0.39 is 11.8 Å². The number of benzene rings is 1. The summed E-state index contributed by atoms with van der Waals surface area (Å²) in [5.41, 5.74) is 1.85. The van der Waals surface area contributed by atoms with E-state index in [0.29, 0.717) is 18.7 Å². The highest BCUT2D eigenvalue weighted by molar-refractivity contribution is 6.08. The molecule has 1 spiro atoms. The van der Waals surface area contributed by atoms with E-state index in [9.17, 15) is 15.3 Å². The summed E-state index contributed by atoms with van der Waals surface area (Å²) in [6.45, 7) is 1.36. The SMILES string of the molecule is Oc1c2c3c4c5c1N=CC=5CC[N+]=4[C@@]1(O)C[C@@]3(C=C[C@H]1O)CCN2.[OH-]. The van der Waals surface area contributed by atoms with Crippen LogP contribution in [0.5, 0.6) is 5.75 Å². The maximum atomic E-state index is 11.4. The average molecular weight is 341 g/mol. The molecular formula is C18H19N3O4. The van der Waals surface area contributed by atoms with Crippen LogP contribution in [0, 0.1) is 0 Å². The number of rotatable bonds is 0. The Hall–Kier alpha value is -2.22. The van der Waals surface area contributed by atoms with Crippen molar-refractivity contribution in [3.63, 3.8) is 0 Å². The van der Waals surface area contributed by atoms with Gasteiger partial charge in [-0.25, -0.2) is 0 Å². The molecule has 4 aliphatic heterocycles. The lowest BCUT2D eigenvalue weighted by Gasteiger charge is -2.48. The first-order chi connectivity index (χ1) is 11.6. The second-order valence-corrected chi connectivity index (χ2v) is 7.55. The zero-order chi connectivity index (χ0) is 16.3. The molecule has 0 radical (unpaired) electrons. The number of aromatic hydroxyl groups is 1. The van der Waals surface area contributed by atoms with Gasteiger partial charge in [-0.2, -0.15) is 4.58 Å². The van der Waals surface area contributed by atoms with Gasteiger partial charge in [0, 0.05) is 24.6 Å². The number of nitrogens with one attached hydrogen (secondary N) is 1. The van der Waals surface area contributed by atoms with Crippen LogP contribution in [-0.2, 0) is 5.41 Å². The number of phenols is 1. The van der Waals surface area contributed by atoms with Crippen LogP contribution in [0.1, 0.15) is 24.8 Å². The van der Waals surface area contributed by atoms with Gasteiger partial charge in [-0.1, -0.05) is 6.08 Å². The van der Waals surface area contributed by atoms with E-state index in [0.717, 1.165) is 46.8 Å². The van der Waals surface area contributed by atoms with Crippen molar-refractivity contribution >= 4 is 23.2 Å². The molecule has 1 aliphatic carbocycles. The number of nitrogens with zero attached hydrogens (tertiary/aromatic N) is 2. The summed E-state index contributed by atoms with van der Waals surface area (Å²) < 4.78 is 1.95. The van der Waals surface area contributed by atoms with Crippen molar-refractivity contribution < 1.29 is 20.8 Å². The lowest BCUT2D eigenvalue weighted by Crippen LogP contribution is -2.70. The highest BCUT2D eigenvalue weighted by atomic mass is 16.4. The molecule has 25 heavy (non-hydrogen) atoms. The topological polar surface area (TPSA) is 118 Å². The van der Waals surface area contributed by atoms with Crippen LogP contribution in [0.2, 0.25) is 0 Å². The molecule has 0 unspecified atom stereocenters. The molecular weight excluding hydrogens is 322 g/mol. The maximum absolute atomic E-state index is 11.4. The minimum atomic E-state index is -1.30. The molecule has 7 heteroatoms. The second kappa shape index (κ2) is 4.30. The van der Waals surface area contributed by atoms with Crippen molar-refractivity contribution in [2.45, 2.75) is 36.5 Å². The lowest BCUT2D eigenvalue weighted by molar-refractivity contribution is -0.123. The molecule has 0 aromatic heterocycles. The number of aliphatic hydroxyl groups excluding tert-OH is 1. The Kier molecular flexibility index (Phi) is 2.59. The third-order valence-corrected chi connectivity index (χ3v) is 6.45. The number of hydrogen-bond donors (Lipinski definition) is 4. The van der Waals surface area contributed by atoms with E-state index in [2.05, 4.69) is 10.3 Å². The number of fused-ring (bicyclic) bond motifs is 2. The van der Waals surface area contributed by atoms with E-state index in [1.54, 1.807) is 6.08 Å². The van der Waals surface area contributed by atoms with Crippen LogP contribution in [0.3, 0.4) is 0 Å². The fourth-order valence-corrected chi connectivity index (χ4v) is 5.39. The first-order valence-electron chi connectivity index (χ1n) is 8.50. The minimum absolute atomic E-state index is 0. The van der Waals surface area contributed by atoms with Crippen molar-refractivity contribution in [2.24, 2.45) is 4.99 Å². The predicted molar refractivity (Wildman–Crippen MR) is 91.1 cm³/mol. The highest BCUT2D eigenvalue weighted by Gasteiger charge is 2.61. The molecule has 6 rings (SSSR count). The number of anilines is 1. The molecule has 4 heterocycles. The third kappa shape index (κ3) is 1.45. The first-order valence-corrected chi connectivity index (χ1v) is 8.50. The Bertz CT molecular complexity index is 1030. The van der Waals surface area contributed by atoms with Crippen molar-refractivity contribution in [2.75, 3.05) is 18.4 Å². The standard InChI is InChI=1S/C18H17N3O3.H2O/c22-10-1-3-17-4-5-19-14-12(17)15-11-9(7-20-13(11)16(14)23)2-6-21(15)18(10,24)8-17;/h1,3,7,10,22,24H,2,4-6,8H2,(H,19,20,23);1H2/t10-,17-,18-;/m1./s1. The van der Waals surface area contributed by atoms with Crippen LogP contribution in [0.25, 0.3) is 5.57 Å². The zero-order valence-electron chi connectivity index (χ0n) is 13.5. The van der Waals surface area contributed by atoms with E-state index in [1.807, 2.05) is 16.9 Å². The summed E-state index contributed by atoms with van der Waals surface area (Å²) in [5, 5.41) is 38.0. The monoisotopic (exact) mass is 341 g/mol. The van der Waals surface area contributed by atoms with Crippen LogP contribution >= 0.6 is 0 Å². The van der Waals surface area contributed by atoms with Gasteiger partial charge in [0.05, 0.1) is 22.9 Å². The molecule has 0 amide bonds. The fraction of sp³-hybridized carbons (Fsp3) is 0.444. The van der Waals surface area contributed by atoms with Crippen molar-refractivity contribution in [3.8, 4) is 5.75 Å². The van der Waals surface area contributed by atoms with Gasteiger partial charge in [0.2, 0.25) is 5.36 Å². The molecule has 3 atom stereocenters. The van der Waals surface area contributed by atoms with Gasteiger partial charge >= 0.3 is 0 Å². The van der Waals surface area contributed by atoms with Crippen molar-refractivity contribution in [1.82, 2.24) is 4.58 Å².